The van der Waals surface area contributed by atoms with Gasteiger partial charge in [-0.1, -0.05) is 109 Å². The summed E-state index contributed by atoms with van der Waals surface area (Å²) in [6.45, 7) is 0. The average Bonchev–Trinajstić information content (AvgIpc) is 3.62. The highest BCUT2D eigenvalue weighted by Gasteiger charge is 2.16. The molecule has 5 heteroatoms. The van der Waals surface area contributed by atoms with Gasteiger partial charge in [-0.3, -0.25) is 14.5 Å². The molecule has 6 aromatic carbocycles. The molecule has 0 unspecified atom stereocenters. The van der Waals surface area contributed by atoms with Crippen molar-refractivity contribution in [2.24, 2.45) is 0 Å². The monoisotopic (exact) mass is 667 g/mol. The molecule has 0 radical (unpaired) electrons. The average molecular weight is 668 g/mol. The van der Waals surface area contributed by atoms with Gasteiger partial charge in [-0.25, -0.2) is 4.98 Å². The zero-order chi connectivity index (χ0) is 34.7. The Bertz CT molecular complexity index is 2520. The minimum absolute atomic E-state index is 0.805. The molecule has 0 N–H and O–H groups in total. The molecule has 9 rings (SSSR count). The summed E-state index contributed by atoms with van der Waals surface area (Å²) < 4.78 is 2.16. The highest BCUT2D eigenvalue weighted by Crippen LogP contribution is 2.36. The number of pyridine rings is 2. The van der Waals surface area contributed by atoms with Gasteiger partial charge in [0.2, 0.25) is 0 Å². The second kappa shape index (κ2) is 13.7. The lowest BCUT2D eigenvalue weighted by Crippen LogP contribution is -2.09. The molecule has 0 aliphatic heterocycles. The summed E-state index contributed by atoms with van der Waals surface area (Å²) in [6, 6.07) is 65.1. The van der Waals surface area contributed by atoms with E-state index in [4.69, 9.17) is 15.0 Å². The SMILES string of the molecule is c1ccc(N(c2ccccc2)c2ccc(-c3ccc(-c4ccc(-c5ccc(-c6nc7ccccc7n6-c6ccccc6)nc5)nc4)cc3)cc2)cc1. The van der Waals surface area contributed by atoms with Crippen LogP contribution in [0.2, 0.25) is 0 Å². The lowest BCUT2D eigenvalue weighted by atomic mass is 10.0. The molecule has 0 fully saturated rings. The molecular weight excluding hydrogens is 635 g/mol. The van der Waals surface area contributed by atoms with Crippen LogP contribution in [0.25, 0.3) is 61.8 Å². The van der Waals surface area contributed by atoms with E-state index in [0.717, 1.165) is 73.2 Å². The number of benzene rings is 6. The first-order valence-corrected chi connectivity index (χ1v) is 17.4. The van der Waals surface area contributed by atoms with Crippen LogP contribution in [0.1, 0.15) is 0 Å². The highest BCUT2D eigenvalue weighted by molar-refractivity contribution is 5.83. The molecule has 9 aromatic rings. The molecule has 5 nitrogen and oxygen atoms in total. The van der Waals surface area contributed by atoms with Crippen molar-refractivity contribution in [3.63, 3.8) is 0 Å². The van der Waals surface area contributed by atoms with E-state index >= 15 is 0 Å². The molecular formula is C47H33N5. The van der Waals surface area contributed by atoms with Crippen molar-refractivity contribution in [3.05, 3.63) is 200 Å². The minimum atomic E-state index is 0.805. The van der Waals surface area contributed by atoms with Crippen molar-refractivity contribution in [2.45, 2.75) is 0 Å². The maximum Gasteiger partial charge on any atom is 0.164 e. The number of anilines is 3. The number of imidazole rings is 1. The molecule has 0 bridgehead atoms. The van der Waals surface area contributed by atoms with E-state index < -0.39 is 0 Å². The molecule has 3 aromatic heterocycles. The van der Waals surface area contributed by atoms with Gasteiger partial charge in [-0.15, -0.1) is 0 Å². The van der Waals surface area contributed by atoms with Crippen LogP contribution in [0.4, 0.5) is 17.1 Å². The van der Waals surface area contributed by atoms with Crippen LogP contribution in [0, 0.1) is 0 Å². The van der Waals surface area contributed by atoms with E-state index in [-0.39, 0.29) is 0 Å². The molecule has 246 valence electrons. The van der Waals surface area contributed by atoms with Crippen molar-refractivity contribution >= 4 is 28.1 Å². The van der Waals surface area contributed by atoms with Crippen LogP contribution in [0.3, 0.4) is 0 Å². The van der Waals surface area contributed by atoms with E-state index in [1.807, 2.05) is 67.0 Å². The van der Waals surface area contributed by atoms with E-state index in [9.17, 15) is 0 Å². The number of hydrogen-bond acceptors (Lipinski definition) is 4. The summed E-state index contributed by atoms with van der Waals surface area (Å²) in [5.74, 6) is 0.808. The summed E-state index contributed by atoms with van der Waals surface area (Å²) in [5, 5.41) is 0. The van der Waals surface area contributed by atoms with E-state index in [1.54, 1.807) is 0 Å². The lowest BCUT2D eigenvalue weighted by Gasteiger charge is -2.25. The fourth-order valence-corrected chi connectivity index (χ4v) is 6.71. The van der Waals surface area contributed by atoms with Gasteiger partial charge in [0.05, 0.1) is 16.7 Å². The Morgan fingerprint density at radius 1 is 0.365 bits per heavy atom. The van der Waals surface area contributed by atoms with Crippen LogP contribution in [-0.4, -0.2) is 19.5 Å². The van der Waals surface area contributed by atoms with Gasteiger partial charge in [0.25, 0.3) is 0 Å². The Hall–Kier alpha value is -7.11. The van der Waals surface area contributed by atoms with E-state index in [1.165, 1.54) is 5.56 Å². The summed E-state index contributed by atoms with van der Waals surface area (Å²) in [7, 11) is 0. The van der Waals surface area contributed by atoms with Gasteiger partial charge < -0.3 is 4.90 Å². The van der Waals surface area contributed by atoms with Crippen LogP contribution in [0.5, 0.6) is 0 Å². The van der Waals surface area contributed by atoms with Gasteiger partial charge in [-0.05, 0) is 95.6 Å². The van der Waals surface area contributed by atoms with Crippen LogP contribution in [-0.2, 0) is 0 Å². The Morgan fingerprint density at radius 2 is 0.827 bits per heavy atom. The molecule has 0 atom stereocenters. The molecule has 0 amide bonds. The van der Waals surface area contributed by atoms with Crippen molar-refractivity contribution in [1.82, 2.24) is 19.5 Å². The molecule has 0 saturated heterocycles. The smallest absolute Gasteiger partial charge is 0.164 e. The summed E-state index contributed by atoms with van der Waals surface area (Å²) in [4.78, 5) is 16.9. The number of nitrogens with zero attached hydrogens (tertiary/aromatic N) is 5. The maximum absolute atomic E-state index is 4.95. The Morgan fingerprint density at radius 3 is 1.42 bits per heavy atom. The fourth-order valence-electron chi connectivity index (χ4n) is 6.71. The van der Waals surface area contributed by atoms with Crippen molar-refractivity contribution < 1.29 is 0 Å². The summed E-state index contributed by atoms with van der Waals surface area (Å²) >= 11 is 0. The van der Waals surface area contributed by atoms with Gasteiger partial charge in [0.1, 0.15) is 5.69 Å². The third kappa shape index (κ3) is 6.01. The third-order valence-electron chi connectivity index (χ3n) is 9.33. The normalized spacial score (nSPS) is 11.1. The summed E-state index contributed by atoms with van der Waals surface area (Å²) in [5.41, 5.74) is 13.5. The molecule has 52 heavy (non-hydrogen) atoms. The number of rotatable bonds is 8. The molecule has 0 saturated carbocycles. The Balaban J connectivity index is 0.928. The van der Waals surface area contributed by atoms with E-state index in [2.05, 4.69) is 143 Å². The van der Waals surface area contributed by atoms with Crippen molar-refractivity contribution in [1.29, 1.82) is 0 Å². The largest absolute Gasteiger partial charge is 0.311 e. The van der Waals surface area contributed by atoms with Crippen molar-refractivity contribution in [3.8, 4) is 50.7 Å². The zero-order valence-corrected chi connectivity index (χ0v) is 28.3. The molecule has 0 aliphatic carbocycles. The van der Waals surface area contributed by atoms with Crippen LogP contribution >= 0.6 is 0 Å². The molecule has 0 aliphatic rings. The van der Waals surface area contributed by atoms with Crippen molar-refractivity contribution in [2.75, 3.05) is 4.90 Å². The number of hydrogen-bond donors (Lipinski definition) is 0. The second-order valence-corrected chi connectivity index (χ2v) is 12.6. The van der Waals surface area contributed by atoms with Crippen LogP contribution < -0.4 is 4.90 Å². The first-order valence-electron chi connectivity index (χ1n) is 17.4. The van der Waals surface area contributed by atoms with Gasteiger partial charge in [0, 0.05) is 46.3 Å². The zero-order valence-electron chi connectivity index (χ0n) is 28.3. The maximum atomic E-state index is 4.95. The predicted molar refractivity (Wildman–Crippen MR) is 213 cm³/mol. The second-order valence-electron chi connectivity index (χ2n) is 12.6. The minimum Gasteiger partial charge on any atom is -0.311 e. The Labute approximate surface area is 302 Å². The standard InChI is InChI=1S/C47H33N5/c1-4-12-39(13-5-1)51(40-14-6-2-7-15-40)42-28-24-35(25-29-42)34-20-22-36(23-21-34)37-26-30-43(48-32-37)38-27-31-45(49-33-38)47-50-44-18-10-11-19-46(44)52(47)41-16-8-3-9-17-41/h1-33H. The topological polar surface area (TPSA) is 46.8 Å². The van der Waals surface area contributed by atoms with Gasteiger partial charge in [0.15, 0.2) is 5.82 Å². The highest BCUT2D eigenvalue weighted by atomic mass is 15.1. The molecule has 3 heterocycles. The summed E-state index contributed by atoms with van der Waals surface area (Å²) in [6.07, 6.45) is 3.81. The van der Waals surface area contributed by atoms with Gasteiger partial charge >= 0.3 is 0 Å². The van der Waals surface area contributed by atoms with E-state index in [0.29, 0.717) is 0 Å². The number of aromatic nitrogens is 4. The Kier molecular flexibility index (Phi) is 8.12. The van der Waals surface area contributed by atoms with Gasteiger partial charge in [-0.2, -0.15) is 0 Å². The number of para-hydroxylation sites is 5. The first-order chi connectivity index (χ1) is 25.8. The quantitative estimate of drug-likeness (QED) is 0.162. The van der Waals surface area contributed by atoms with Crippen LogP contribution in [0.15, 0.2) is 200 Å². The predicted octanol–water partition coefficient (Wildman–Crippen LogP) is 12.0. The number of fused-ring (bicyclic) bond motifs is 1. The fraction of sp³-hybridized carbons (Fsp3) is 0. The molecule has 0 spiro atoms. The third-order valence-corrected chi connectivity index (χ3v) is 9.33. The first kappa shape index (κ1) is 30.9. The lowest BCUT2D eigenvalue weighted by molar-refractivity contribution is 1.08.